The molecule has 0 fully saturated rings. The molecule has 1 amide bonds. The van der Waals surface area contributed by atoms with Gasteiger partial charge >= 0.3 is 6.09 Å². The van der Waals surface area contributed by atoms with Crippen LogP contribution in [0.15, 0.2) is 36.5 Å². The summed E-state index contributed by atoms with van der Waals surface area (Å²) < 4.78 is 4.89. The Balaban J connectivity index is 2.32. The molecule has 5 heteroatoms. The fourth-order valence-electron chi connectivity index (χ4n) is 2.00. The van der Waals surface area contributed by atoms with E-state index in [1.807, 2.05) is 30.3 Å². The summed E-state index contributed by atoms with van der Waals surface area (Å²) >= 11 is 0. The zero-order valence-corrected chi connectivity index (χ0v) is 10.8. The lowest BCUT2D eigenvalue weighted by Gasteiger charge is -2.18. The molecule has 100 valence electrons. The Hall–Kier alpha value is -2.14. The first-order valence-corrected chi connectivity index (χ1v) is 6.23. The first-order chi connectivity index (χ1) is 9.26. The maximum Gasteiger partial charge on any atom is 0.407 e. The molecule has 2 aromatic rings. The number of hydrogen-bond donors (Lipinski definition) is 2. The number of nitrogens with two attached hydrogens (primary N) is 1. The van der Waals surface area contributed by atoms with E-state index in [9.17, 15) is 4.79 Å². The molecular weight excluding hydrogens is 242 g/mol. The van der Waals surface area contributed by atoms with Crippen LogP contribution in [0.3, 0.4) is 0 Å². The average molecular weight is 259 g/mol. The van der Waals surface area contributed by atoms with Crippen LogP contribution in [0.5, 0.6) is 0 Å². The lowest BCUT2D eigenvalue weighted by atomic mass is 10.0. The molecular formula is C14H17N3O2. The van der Waals surface area contributed by atoms with Crippen molar-refractivity contribution in [2.24, 2.45) is 5.73 Å². The van der Waals surface area contributed by atoms with E-state index in [1.54, 1.807) is 13.1 Å². The second-order valence-corrected chi connectivity index (χ2v) is 4.07. The highest BCUT2D eigenvalue weighted by Gasteiger charge is 2.16. The number of fused-ring (bicyclic) bond motifs is 1. The molecule has 0 aliphatic carbocycles. The van der Waals surface area contributed by atoms with E-state index in [1.165, 1.54) is 0 Å². The van der Waals surface area contributed by atoms with E-state index in [0.717, 1.165) is 16.5 Å². The number of rotatable bonds is 4. The largest absolute Gasteiger partial charge is 0.450 e. The van der Waals surface area contributed by atoms with Crippen molar-refractivity contribution in [2.45, 2.75) is 13.0 Å². The van der Waals surface area contributed by atoms with Gasteiger partial charge in [-0.1, -0.05) is 18.2 Å². The van der Waals surface area contributed by atoms with E-state index in [0.29, 0.717) is 13.2 Å². The number of hydrogen-bond acceptors (Lipinski definition) is 4. The molecule has 0 aliphatic heterocycles. The van der Waals surface area contributed by atoms with Crippen LogP contribution < -0.4 is 11.1 Å². The number of carbonyl (C=O) groups is 1. The molecule has 1 aromatic carbocycles. The zero-order valence-electron chi connectivity index (χ0n) is 10.8. The molecule has 0 bridgehead atoms. The van der Waals surface area contributed by atoms with Crippen LogP contribution in [0.2, 0.25) is 0 Å². The first kappa shape index (κ1) is 13.3. The quantitative estimate of drug-likeness (QED) is 0.880. The Bertz CT molecular complexity index is 566. The number of pyridine rings is 1. The zero-order chi connectivity index (χ0) is 13.7. The summed E-state index contributed by atoms with van der Waals surface area (Å²) in [6.45, 7) is 2.39. The van der Waals surface area contributed by atoms with Gasteiger partial charge < -0.3 is 15.8 Å². The molecule has 0 aliphatic rings. The van der Waals surface area contributed by atoms with Gasteiger partial charge in [0.2, 0.25) is 0 Å². The smallest absolute Gasteiger partial charge is 0.407 e. The van der Waals surface area contributed by atoms with Gasteiger partial charge in [0.15, 0.2) is 0 Å². The lowest BCUT2D eigenvalue weighted by molar-refractivity contribution is 0.148. The number of nitrogens with zero attached hydrogens (tertiary/aromatic N) is 1. The van der Waals surface area contributed by atoms with Crippen molar-refractivity contribution in [2.75, 3.05) is 13.2 Å². The summed E-state index contributed by atoms with van der Waals surface area (Å²) in [6, 6.07) is 9.34. The predicted molar refractivity (Wildman–Crippen MR) is 73.7 cm³/mol. The number of carbonyl (C=O) groups excluding carboxylic acids is 1. The highest BCUT2D eigenvalue weighted by atomic mass is 16.5. The number of ether oxygens (including phenoxy) is 1. The molecule has 1 heterocycles. The van der Waals surface area contributed by atoms with Crippen LogP contribution in [-0.4, -0.2) is 24.2 Å². The van der Waals surface area contributed by atoms with Crippen molar-refractivity contribution < 1.29 is 9.53 Å². The van der Waals surface area contributed by atoms with Gasteiger partial charge in [-0.15, -0.1) is 0 Å². The Kier molecular flexibility index (Phi) is 4.30. The third-order valence-corrected chi connectivity index (χ3v) is 2.86. The second kappa shape index (κ2) is 6.15. The monoisotopic (exact) mass is 259 g/mol. The molecule has 1 unspecified atom stereocenters. The number of nitrogens with one attached hydrogen (secondary N) is 1. The summed E-state index contributed by atoms with van der Waals surface area (Å²) in [6.07, 6.45) is 1.26. The van der Waals surface area contributed by atoms with E-state index in [2.05, 4.69) is 10.3 Å². The standard InChI is InChI=1S/C14H17N3O2/c1-2-19-14(18)17-13(9-15)11-7-8-16-12-6-4-3-5-10(11)12/h3-8,13H,2,9,15H2,1H3,(H,17,18). The average Bonchev–Trinajstić information content (AvgIpc) is 2.44. The third-order valence-electron chi connectivity index (χ3n) is 2.86. The van der Waals surface area contributed by atoms with Gasteiger partial charge in [-0.2, -0.15) is 0 Å². The predicted octanol–water partition coefficient (Wildman–Crippen LogP) is 1.98. The van der Waals surface area contributed by atoms with Gasteiger partial charge in [0.25, 0.3) is 0 Å². The Labute approximate surface area is 111 Å². The molecule has 0 saturated carbocycles. The Morgan fingerprint density at radius 3 is 2.95 bits per heavy atom. The normalized spacial score (nSPS) is 12.1. The molecule has 5 nitrogen and oxygen atoms in total. The van der Waals surface area contributed by atoms with Crippen molar-refractivity contribution in [3.8, 4) is 0 Å². The van der Waals surface area contributed by atoms with E-state index in [-0.39, 0.29) is 6.04 Å². The minimum absolute atomic E-state index is 0.285. The van der Waals surface area contributed by atoms with Gasteiger partial charge in [-0.25, -0.2) is 4.79 Å². The van der Waals surface area contributed by atoms with Crippen molar-refractivity contribution in [3.05, 3.63) is 42.1 Å². The highest BCUT2D eigenvalue weighted by Crippen LogP contribution is 2.22. The summed E-state index contributed by atoms with van der Waals surface area (Å²) in [5, 5.41) is 3.75. The van der Waals surface area contributed by atoms with Crippen LogP contribution in [0.25, 0.3) is 10.9 Å². The lowest BCUT2D eigenvalue weighted by Crippen LogP contribution is -2.34. The molecule has 1 atom stereocenters. The number of aromatic nitrogens is 1. The fraction of sp³-hybridized carbons (Fsp3) is 0.286. The summed E-state index contributed by atoms with van der Waals surface area (Å²) in [5.74, 6) is 0. The molecule has 3 N–H and O–H groups in total. The molecule has 2 rings (SSSR count). The molecule has 1 aromatic heterocycles. The first-order valence-electron chi connectivity index (χ1n) is 6.23. The van der Waals surface area contributed by atoms with E-state index >= 15 is 0 Å². The van der Waals surface area contributed by atoms with Crippen molar-refractivity contribution >= 4 is 17.0 Å². The van der Waals surface area contributed by atoms with Crippen molar-refractivity contribution in [1.82, 2.24) is 10.3 Å². The topological polar surface area (TPSA) is 77.2 Å². The summed E-state index contributed by atoms with van der Waals surface area (Å²) in [4.78, 5) is 15.8. The van der Waals surface area contributed by atoms with Crippen LogP contribution in [0.1, 0.15) is 18.5 Å². The number of alkyl carbamates (subject to hydrolysis) is 1. The Morgan fingerprint density at radius 2 is 2.21 bits per heavy atom. The fourth-order valence-corrected chi connectivity index (χ4v) is 2.00. The maximum absolute atomic E-state index is 11.5. The number of para-hydroxylation sites is 1. The van der Waals surface area contributed by atoms with Crippen LogP contribution in [-0.2, 0) is 4.74 Å². The van der Waals surface area contributed by atoms with Gasteiger partial charge in [0.05, 0.1) is 18.2 Å². The third kappa shape index (κ3) is 3.00. The highest BCUT2D eigenvalue weighted by molar-refractivity contribution is 5.83. The minimum Gasteiger partial charge on any atom is -0.450 e. The SMILES string of the molecule is CCOC(=O)NC(CN)c1ccnc2ccccc12. The Morgan fingerprint density at radius 1 is 1.42 bits per heavy atom. The van der Waals surface area contributed by atoms with E-state index < -0.39 is 6.09 Å². The van der Waals surface area contributed by atoms with Gasteiger partial charge in [-0.3, -0.25) is 4.98 Å². The van der Waals surface area contributed by atoms with Crippen LogP contribution >= 0.6 is 0 Å². The molecule has 0 radical (unpaired) electrons. The molecule has 0 spiro atoms. The molecule has 19 heavy (non-hydrogen) atoms. The van der Waals surface area contributed by atoms with Gasteiger partial charge in [-0.05, 0) is 24.6 Å². The number of benzene rings is 1. The minimum atomic E-state index is -0.459. The van der Waals surface area contributed by atoms with Crippen molar-refractivity contribution in [1.29, 1.82) is 0 Å². The van der Waals surface area contributed by atoms with Crippen molar-refractivity contribution in [3.63, 3.8) is 0 Å². The second-order valence-electron chi connectivity index (χ2n) is 4.07. The summed E-state index contributed by atoms with van der Waals surface area (Å²) in [5.41, 5.74) is 7.57. The maximum atomic E-state index is 11.5. The number of amides is 1. The van der Waals surface area contributed by atoms with E-state index in [4.69, 9.17) is 10.5 Å². The summed E-state index contributed by atoms with van der Waals surface area (Å²) in [7, 11) is 0. The van der Waals surface area contributed by atoms with Gasteiger partial charge in [0, 0.05) is 18.1 Å². The van der Waals surface area contributed by atoms with Crippen LogP contribution in [0, 0.1) is 0 Å². The van der Waals surface area contributed by atoms with Gasteiger partial charge in [0.1, 0.15) is 0 Å². The van der Waals surface area contributed by atoms with Crippen LogP contribution in [0.4, 0.5) is 4.79 Å². The molecule has 0 saturated heterocycles.